The zero-order valence-corrected chi connectivity index (χ0v) is 13.4. The molecule has 3 nitrogen and oxygen atoms in total. The zero-order valence-electron chi connectivity index (χ0n) is 13.4. The third-order valence-electron chi connectivity index (χ3n) is 5.43. The molecule has 0 bridgehead atoms. The monoisotopic (exact) mass is 286 g/mol. The van der Waals surface area contributed by atoms with E-state index in [0.29, 0.717) is 0 Å². The first-order valence-electron chi connectivity index (χ1n) is 8.24. The number of likely N-dealkylation sites (tertiary alicyclic amines) is 2. The van der Waals surface area contributed by atoms with Gasteiger partial charge in [0, 0.05) is 32.1 Å². The van der Waals surface area contributed by atoms with Gasteiger partial charge in [-0.3, -0.25) is 4.90 Å². The highest BCUT2D eigenvalue weighted by atomic mass is 16.5. The van der Waals surface area contributed by atoms with Gasteiger partial charge in [0.2, 0.25) is 0 Å². The Morgan fingerprint density at radius 1 is 1.29 bits per heavy atom. The van der Waals surface area contributed by atoms with E-state index in [1.165, 1.54) is 37.2 Å². The fourth-order valence-electron chi connectivity index (χ4n) is 4.41. The Labute approximate surface area is 127 Å². The van der Waals surface area contributed by atoms with E-state index >= 15 is 0 Å². The van der Waals surface area contributed by atoms with Crippen molar-refractivity contribution in [1.29, 1.82) is 0 Å². The number of hydrogen-bond acceptors (Lipinski definition) is 3. The molecule has 3 aliphatic rings. The van der Waals surface area contributed by atoms with Crippen LogP contribution in [-0.2, 0) is 13.0 Å². The van der Waals surface area contributed by atoms with Gasteiger partial charge in [-0.05, 0) is 57.0 Å². The first-order chi connectivity index (χ1) is 10.00. The van der Waals surface area contributed by atoms with Crippen molar-refractivity contribution in [3.05, 3.63) is 29.3 Å². The van der Waals surface area contributed by atoms with Crippen LogP contribution in [0.1, 0.15) is 31.4 Å². The molecule has 2 atom stereocenters. The van der Waals surface area contributed by atoms with Crippen molar-refractivity contribution in [3.63, 3.8) is 0 Å². The van der Waals surface area contributed by atoms with Gasteiger partial charge in [0.05, 0.1) is 0 Å². The van der Waals surface area contributed by atoms with Crippen molar-refractivity contribution in [3.8, 4) is 5.75 Å². The summed E-state index contributed by atoms with van der Waals surface area (Å²) in [5, 5.41) is 0. The average Bonchev–Trinajstić information content (AvgIpc) is 3.03. The van der Waals surface area contributed by atoms with Crippen LogP contribution in [0.25, 0.3) is 0 Å². The van der Waals surface area contributed by atoms with Gasteiger partial charge in [-0.2, -0.15) is 0 Å². The Kier molecular flexibility index (Phi) is 3.05. The van der Waals surface area contributed by atoms with Gasteiger partial charge >= 0.3 is 0 Å². The third-order valence-corrected chi connectivity index (χ3v) is 5.43. The van der Waals surface area contributed by atoms with E-state index in [-0.39, 0.29) is 5.60 Å². The van der Waals surface area contributed by atoms with Crippen LogP contribution in [-0.4, -0.2) is 48.1 Å². The van der Waals surface area contributed by atoms with Crippen molar-refractivity contribution >= 4 is 0 Å². The normalized spacial score (nSPS) is 31.2. The van der Waals surface area contributed by atoms with Crippen LogP contribution in [0.5, 0.6) is 5.75 Å². The molecule has 3 heterocycles. The molecule has 0 radical (unpaired) electrons. The van der Waals surface area contributed by atoms with Crippen LogP contribution in [0.15, 0.2) is 18.2 Å². The number of fused-ring (bicyclic) bond motifs is 2. The van der Waals surface area contributed by atoms with E-state index in [2.05, 4.69) is 48.9 Å². The summed E-state index contributed by atoms with van der Waals surface area (Å²) in [5.74, 6) is 1.98. The van der Waals surface area contributed by atoms with Crippen LogP contribution in [0.2, 0.25) is 0 Å². The number of rotatable bonds is 2. The Morgan fingerprint density at radius 2 is 2.14 bits per heavy atom. The minimum atomic E-state index is -0.0334. The highest BCUT2D eigenvalue weighted by Crippen LogP contribution is 2.36. The van der Waals surface area contributed by atoms with E-state index < -0.39 is 0 Å². The predicted octanol–water partition coefficient (Wildman–Crippen LogP) is 2.54. The smallest absolute Gasteiger partial charge is 0.123 e. The van der Waals surface area contributed by atoms with E-state index in [4.69, 9.17) is 4.74 Å². The lowest BCUT2D eigenvalue weighted by atomic mass is 10.00. The molecule has 0 N–H and O–H groups in total. The SMILES string of the molecule is CN1CC[C@@H]2CN(Cc3ccc4c(c3)CC(C)(C)O4)C[C@@H]21. The van der Waals surface area contributed by atoms with Gasteiger partial charge < -0.3 is 9.64 Å². The molecule has 0 unspecified atom stereocenters. The maximum absolute atomic E-state index is 5.97. The molecule has 3 heteroatoms. The number of benzene rings is 1. The number of hydrogen-bond donors (Lipinski definition) is 0. The predicted molar refractivity (Wildman–Crippen MR) is 84.7 cm³/mol. The summed E-state index contributed by atoms with van der Waals surface area (Å²) in [6.07, 6.45) is 2.41. The van der Waals surface area contributed by atoms with Crippen molar-refractivity contribution in [1.82, 2.24) is 9.80 Å². The lowest BCUT2D eigenvalue weighted by Crippen LogP contribution is -2.31. The van der Waals surface area contributed by atoms with Crippen LogP contribution >= 0.6 is 0 Å². The summed E-state index contributed by atoms with van der Waals surface area (Å²) < 4.78 is 5.97. The quantitative estimate of drug-likeness (QED) is 0.831. The molecule has 1 aromatic carbocycles. The summed E-state index contributed by atoms with van der Waals surface area (Å²) in [7, 11) is 2.28. The Bertz CT molecular complexity index is 554. The van der Waals surface area contributed by atoms with Gasteiger partial charge in [0.15, 0.2) is 0 Å². The van der Waals surface area contributed by atoms with E-state index in [1.54, 1.807) is 0 Å². The number of likely N-dealkylation sites (N-methyl/N-ethyl adjacent to an activating group) is 1. The Morgan fingerprint density at radius 3 is 2.95 bits per heavy atom. The average molecular weight is 286 g/mol. The minimum absolute atomic E-state index is 0.0334. The molecule has 3 aliphatic heterocycles. The molecule has 2 saturated heterocycles. The van der Waals surface area contributed by atoms with Gasteiger partial charge in [0.1, 0.15) is 11.4 Å². The van der Waals surface area contributed by atoms with Crippen LogP contribution < -0.4 is 4.74 Å². The molecule has 21 heavy (non-hydrogen) atoms. The van der Waals surface area contributed by atoms with Crippen LogP contribution in [0.3, 0.4) is 0 Å². The lowest BCUT2D eigenvalue weighted by Gasteiger charge is -2.20. The molecule has 2 fully saturated rings. The molecule has 1 aromatic rings. The fraction of sp³-hybridized carbons (Fsp3) is 0.667. The maximum Gasteiger partial charge on any atom is 0.123 e. The standard InChI is InChI=1S/C18H26N2O/c1-18(2)9-15-8-13(4-5-17(15)21-18)10-20-11-14-6-7-19(3)16(14)12-20/h4-5,8,14,16H,6-7,9-12H2,1-3H3/t14-,16+/m1/s1. The summed E-state index contributed by atoms with van der Waals surface area (Å²) >= 11 is 0. The third kappa shape index (κ3) is 2.47. The first-order valence-corrected chi connectivity index (χ1v) is 8.24. The molecule has 0 aliphatic carbocycles. The summed E-state index contributed by atoms with van der Waals surface area (Å²) in [4.78, 5) is 5.18. The summed E-state index contributed by atoms with van der Waals surface area (Å²) in [6.45, 7) is 9.23. The lowest BCUT2D eigenvalue weighted by molar-refractivity contribution is 0.138. The molecular formula is C18H26N2O. The van der Waals surface area contributed by atoms with Crippen molar-refractivity contribution in [2.24, 2.45) is 5.92 Å². The summed E-state index contributed by atoms with van der Waals surface area (Å²) in [5.41, 5.74) is 2.79. The molecule has 0 aromatic heterocycles. The molecule has 0 spiro atoms. The van der Waals surface area contributed by atoms with Crippen LogP contribution in [0.4, 0.5) is 0 Å². The van der Waals surface area contributed by atoms with E-state index in [9.17, 15) is 0 Å². The van der Waals surface area contributed by atoms with Gasteiger partial charge in [-0.15, -0.1) is 0 Å². The second-order valence-electron chi connectivity index (χ2n) is 7.77. The second-order valence-corrected chi connectivity index (χ2v) is 7.77. The van der Waals surface area contributed by atoms with Crippen molar-refractivity contribution in [2.45, 2.75) is 44.9 Å². The van der Waals surface area contributed by atoms with Crippen molar-refractivity contribution < 1.29 is 4.74 Å². The highest BCUT2D eigenvalue weighted by Gasteiger charge is 2.39. The Hall–Kier alpha value is -1.06. The first kappa shape index (κ1) is 13.6. The number of ether oxygens (including phenoxy) is 1. The highest BCUT2D eigenvalue weighted by molar-refractivity contribution is 5.41. The van der Waals surface area contributed by atoms with Gasteiger partial charge in [-0.25, -0.2) is 0 Å². The van der Waals surface area contributed by atoms with E-state index in [1.807, 2.05) is 0 Å². The van der Waals surface area contributed by atoms with E-state index in [0.717, 1.165) is 30.7 Å². The summed E-state index contributed by atoms with van der Waals surface area (Å²) in [6, 6.07) is 7.57. The van der Waals surface area contributed by atoms with Gasteiger partial charge in [0.25, 0.3) is 0 Å². The topological polar surface area (TPSA) is 15.7 Å². The second kappa shape index (κ2) is 4.72. The molecule has 4 rings (SSSR count). The van der Waals surface area contributed by atoms with Gasteiger partial charge in [-0.1, -0.05) is 12.1 Å². The Balaban J connectivity index is 1.45. The maximum atomic E-state index is 5.97. The molecule has 0 saturated carbocycles. The molecule has 0 amide bonds. The minimum Gasteiger partial charge on any atom is -0.487 e. The molecule has 114 valence electrons. The van der Waals surface area contributed by atoms with Crippen LogP contribution in [0, 0.1) is 5.92 Å². The van der Waals surface area contributed by atoms with Crippen molar-refractivity contribution in [2.75, 3.05) is 26.7 Å². The molecular weight excluding hydrogens is 260 g/mol. The fourth-order valence-corrected chi connectivity index (χ4v) is 4.41. The largest absolute Gasteiger partial charge is 0.487 e. The number of nitrogens with zero attached hydrogens (tertiary/aromatic N) is 2. The zero-order chi connectivity index (χ0) is 14.6.